The topological polar surface area (TPSA) is 74.8 Å². The number of Topliss-reactive ketones (excluding diaryl/α,β-unsaturated/α-hetero) is 1. The van der Waals surface area contributed by atoms with Gasteiger partial charge in [0.25, 0.3) is 0 Å². The summed E-state index contributed by atoms with van der Waals surface area (Å²) in [4.78, 5) is 31.2. The van der Waals surface area contributed by atoms with E-state index in [-0.39, 0.29) is 24.5 Å². The lowest BCUT2D eigenvalue weighted by atomic mass is 10.1. The molecule has 0 radical (unpaired) electrons. The minimum absolute atomic E-state index is 0.0957. The number of aromatic nitrogens is 2. The maximum absolute atomic E-state index is 12.0. The summed E-state index contributed by atoms with van der Waals surface area (Å²) in [7, 11) is 0. The van der Waals surface area contributed by atoms with Crippen LogP contribution in [-0.2, 0) is 4.79 Å². The molecule has 2 N–H and O–H groups in total. The monoisotopic (exact) mass is 327 g/mol. The molecule has 2 aromatic carbocycles. The van der Waals surface area contributed by atoms with Gasteiger partial charge in [-0.15, -0.1) is 0 Å². The number of aromatic amines is 1. The number of carbonyl (C=O) groups excluding carboxylic acids is 2. The summed E-state index contributed by atoms with van der Waals surface area (Å²) in [6, 6.07) is 14.1. The third-order valence-electron chi connectivity index (χ3n) is 3.39. The third kappa shape index (κ3) is 3.76. The fourth-order valence-electron chi connectivity index (χ4n) is 2.21. The second kappa shape index (κ2) is 6.62. The van der Waals surface area contributed by atoms with Gasteiger partial charge >= 0.3 is 0 Å². The van der Waals surface area contributed by atoms with Crippen LogP contribution in [0.25, 0.3) is 11.0 Å². The Morgan fingerprint density at radius 3 is 2.52 bits per heavy atom. The molecular weight excluding hydrogens is 314 g/mol. The van der Waals surface area contributed by atoms with Gasteiger partial charge in [-0.25, -0.2) is 4.98 Å². The number of benzene rings is 2. The molecule has 3 aromatic rings. The minimum Gasteiger partial charge on any atom is -0.324 e. The van der Waals surface area contributed by atoms with Gasteiger partial charge in [-0.05, 0) is 36.4 Å². The van der Waals surface area contributed by atoms with Crippen LogP contribution in [0.1, 0.15) is 23.2 Å². The highest BCUT2D eigenvalue weighted by molar-refractivity contribution is 6.30. The number of anilines is 1. The molecular formula is C17H14ClN3O2. The van der Waals surface area contributed by atoms with Crippen molar-refractivity contribution >= 4 is 40.3 Å². The van der Waals surface area contributed by atoms with E-state index in [0.29, 0.717) is 16.5 Å². The van der Waals surface area contributed by atoms with E-state index in [1.165, 1.54) is 0 Å². The minimum atomic E-state index is -0.258. The second-order valence-corrected chi connectivity index (χ2v) is 5.52. The highest BCUT2D eigenvalue weighted by atomic mass is 35.5. The maximum Gasteiger partial charge on any atom is 0.227 e. The van der Waals surface area contributed by atoms with Crippen LogP contribution >= 0.6 is 11.6 Å². The summed E-state index contributed by atoms with van der Waals surface area (Å²) in [6.07, 6.45) is 0.228. The van der Waals surface area contributed by atoms with Crippen LogP contribution in [0.5, 0.6) is 0 Å². The zero-order valence-corrected chi connectivity index (χ0v) is 12.9. The summed E-state index contributed by atoms with van der Waals surface area (Å²) < 4.78 is 0. The van der Waals surface area contributed by atoms with Crippen molar-refractivity contribution in [3.05, 3.63) is 59.1 Å². The highest BCUT2D eigenvalue weighted by Crippen LogP contribution is 2.14. The molecule has 6 heteroatoms. The Kier molecular flexibility index (Phi) is 4.39. The molecule has 0 atom stereocenters. The lowest BCUT2D eigenvalue weighted by Crippen LogP contribution is -2.14. The van der Waals surface area contributed by atoms with Crippen molar-refractivity contribution in [3.63, 3.8) is 0 Å². The molecule has 0 aliphatic heterocycles. The van der Waals surface area contributed by atoms with E-state index >= 15 is 0 Å². The number of hydrogen-bond acceptors (Lipinski definition) is 3. The number of nitrogens with one attached hydrogen (secondary N) is 2. The molecule has 0 saturated heterocycles. The van der Waals surface area contributed by atoms with Crippen LogP contribution in [-0.4, -0.2) is 21.7 Å². The van der Waals surface area contributed by atoms with Crippen molar-refractivity contribution in [2.75, 3.05) is 5.32 Å². The SMILES string of the molecule is O=C(CCC(=O)c1ccc(Cl)cc1)Nc1nc2ccccc2[nH]1. The molecule has 0 unspecified atom stereocenters. The first kappa shape index (κ1) is 15.2. The third-order valence-corrected chi connectivity index (χ3v) is 3.64. The number of hydrogen-bond donors (Lipinski definition) is 2. The molecule has 0 fully saturated rings. The number of imidazole rings is 1. The number of ketones is 1. The molecule has 0 spiro atoms. The van der Waals surface area contributed by atoms with E-state index in [0.717, 1.165) is 11.0 Å². The van der Waals surface area contributed by atoms with Crippen molar-refractivity contribution in [1.29, 1.82) is 0 Å². The number of H-pyrrole nitrogens is 1. The van der Waals surface area contributed by atoms with Crippen LogP contribution in [0, 0.1) is 0 Å². The van der Waals surface area contributed by atoms with Gasteiger partial charge < -0.3 is 4.98 Å². The average molecular weight is 328 g/mol. The summed E-state index contributed by atoms with van der Waals surface area (Å²) in [5.41, 5.74) is 2.17. The molecule has 0 aliphatic rings. The van der Waals surface area contributed by atoms with Gasteiger partial charge in [-0.2, -0.15) is 0 Å². The quantitative estimate of drug-likeness (QED) is 0.699. The van der Waals surface area contributed by atoms with Gasteiger partial charge in [-0.1, -0.05) is 23.7 Å². The van der Waals surface area contributed by atoms with E-state index in [1.807, 2.05) is 24.3 Å². The van der Waals surface area contributed by atoms with Crippen LogP contribution in [0.15, 0.2) is 48.5 Å². The van der Waals surface area contributed by atoms with Crippen molar-refractivity contribution < 1.29 is 9.59 Å². The molecule has 23 heavy (non-hydrogen) atoms. The number of para-hydroxylation sites is 2. The first-order valence-electron chi connectivity index (χ1n) is 7.15. The molecule has 0 saturated carbocycles. The van der Waals surface area contributed by atoms with Gasteiger partial charge in [0.05, 0.1) is 11.0 Å². The second-order valence-electron chi connectivity index (χ2n) is 5.08. The highest BCUT2D eigenvalue weighted by Gasteiger charge is 2.11. The number of fused-ring (bicyclic) bond motifs is 1. The molecule has 1 aromatic heterocycles. The number of nitrogens with zero attached hydrogens (tertiary/aromatic N) is 1. The van der Waals surface area contributed by atoms with Crippen LogP contribution in [0.3, 0.4) is 0 Å². The largest absolute Gasteiger partial charge is 0.324 e. The zero-order valence-electron chi connectivity index (χ0n) is 12.2. The van der Waals surface area contributed by atoms with Gasteiger partial charge in [-0.3, -0.25) is 14.9 Å². The Labute approximate surface area is 137 Å². The van der Waals surface area contributed by atoms with Crippen molar-refractivity contribution in [1.82, 2.24) is 9.97 Å². The number of amides is 1. The van der Waals surface area contributed by atoms with Gasteiger partial charge in [0.15, 0.2) is 5.78 Å². The van der Waals surface area contributed by atoms with Gasteiger partial charge in [0.1, 0.15) is 0 Å². The standard InChI is InChI=1S/C17H14ClN3O2/c18-12-7-5-11(6-8-12)15(22)9-10-16(23)21-17-19-13-3-1-2-4-14(13)20-17/h1-8H,9-10H2,(H2,19,20,21,23). The van der Waals surface area contributed by atoms with Gasteiger partial charge in [0, 0.05) is 23.4 Å². The van der Waals surface area contributed by atoms with E-state index in [4.69, 9.17) is 11.6 Å². The van der Waals surface area contributed by atoms with Crippen molar-refractivity contribution in [2.24, 2.45) is 0 Å². The Bertz CT molecular complexity index is 823. The fourth-order valence-corrected chi connectivity index (χ4v) is 2.34. The average Bonchev–Trinajstić information content (AvgIpc) is 2.95. The van der Waals surface area contributed by atoms with Gasteiger partial charge in [0.2, 0.25) is 11.9 Å². The summed E-state index contributed by atoms with van der Waals surface area (Å²) in [6.45, 7) is 0. The first-order valence-corrected chi connectivity index (χ1v) is 7.53. The molecule has 1 amide bonds. The fraction of sp³-hybridized carbons (Fsp3) is 0.118. The Hall–Kier alpha value is -2.66. The van der Waals surface area contributed by atoms with E-state index in [9.17, 15) is 9.59 Å². The van der Waals surface area contributed by atoms with E-state index in [2.05, 4.69) is 15.3 Å². The Balaban J connectivity index is 1.56. The van der Waals surface area contributed by atoms with E-state index in [1.54, 1.807) is 24.3 Å². The summed E-state index contributed by atoms with van der Waals surface area (Å²) >= 11 is 5.78. The van der Waals surface area contributed by atoms with Crippen molar-refractivity contribution in [3.8, 4) is 0 Å². The Morgan fingerprint density at radius 2 is 1.78 bits per heavy atom. The molecule has 1 heterocycles. The molecule has 116 valence electrons. The van der Waals surface area contributed by atoms with Crippen LogP contribution in [0.4, 0.5) is 5.95 Å². The lowest BCUT2D eigenvalue weighted by Gasteiger charge is -2.02. The van der Waals surface area contributed by atoms with Crippen LogP contribution < -0.4 is 5.32 Å². The molecule has 0 bridgehead atoms. The molecule has 0 aliphatic carbocycles. The predicted molar refractivity (Wildman–Crippen MR) is 89.7 cm³/mol. The number of carbonyl (C=O) groups is 2. The Morgan fingerprint density at radius 1 is 1.04 bits per heavy atom. The molecule has 3 rings (SSSR count). The summed E-state index contributed by atoms with van der Waals surface area (Å²) in [5, 5.41) is 3.24. The van der Waals surface area contributed by atoms with E-state index < -0.39 is 0 Å². The maximum atomic E-state index is 12.0. The smallest absolute Gasteiger partial charge is 0.227 e. The normalized spacial score (nSPS) is 10.7. The number of halogens is 1. The van der Waals surface area contributed by atoms with Crippen LogP contribution in [0.2, 0.25) is 5.02 Å². The summed E-state index contributed by atoms with van der Waals surface area (Å²) in [5.74, 6) is 0.0305. The first-order chi connectivity index (χ1) is 11.1. The number of rotatable bonds is 5. The zero-order chi connectivity index (χ0) is 16.2. The predicted octanol–water partition coefficient (Wildman–Crippen LogP) is 3.82. The molecule has 5 nitrogen and oxygen atoms in total. The lowest BCUT2D eigenvalue weighted by molar-refractivity contribution is -0.116. The van der Waals surface area contributed by atoms with Crippen molar-refractivity contribution in [2.45, 2.75) is 12.8 Å².